The molecule has 0 amide bonds. The van der Waals surface area contributed by atoms with Crippen molar-refractivity contribution in [2.45, 2.75) is 19.4 Å². The lowest BCUT2D eigenvalue weighted by molar-refractivity contribution is 0.316. The molecule has 2 nitrogen and oxygen atoms in total. The number of rotatable bonds is 1. The van der Waals surface area contributed by atoms with E-state index in [4.69, 9.17) is 0 Å². The molecule has 16 heavy (non-hydrogen) atoms. The molecule has 0 unspecified atom stereocenters. The minimum atomic E-state index is 0.589. The summed E-state index contributed by atoms with van der Waals surface area (Å²) in [6.07, 6.45) is 3.46. The minimum absolute atomic E-state index is 0.589. The first-order valence-electron chi connectivity index (χ1n) is 6.02. The zero-order valence-corrected chi connectivity index (χ0v) is 9.90. The number of para-hydroxylation sites is 1. The summed E-state index contributed by atoms with van der Waals surface area (Å²) >= 11 is 0. The first kappa shape index (κ1) is 9.91. The van der Waals surface area contributed by atoms with Crippen LogP contribution in [0.25, 0.3) is 10.9 Å². The third-order valence-corrected chi connectivity index (χ3v) is 3.74. The maximum Gasteiger partial charge on any atom is 0.0457 e. The van der Waals surface area contributed by atoms with Crippen LogP contribution in [-0.4, -0.2) is 23.5 Å². The molecule has 1 aromatic heterocycles. The molecule has 0 spiro atoms. The van der Waals surface area contributed by atoms with Crippen LogP contribution in [0.4, 0.5) is 0 Å². The largest absolute Gasteiger partial charge is 0.361 e. The highest BCUT2D eigenvalue weighted by atomic mass is 15.2. The molecule has 1 fully saturated rings. The van der Waals surface area contributed by atoms with Gasteiger partial charge in [-0.15, -0.1) is 0 Å². The van der Waals surface area contributed by atoms with Crippen molar-refractivity contribution < 1.29 is 0 Å². The summed E-state index contributed by atoms with van der Waals surface area (Å²) < 4.78 is 0. The monoisotopic (exact) mass is 214 g/mol. The first-order chi connectivity index (χ1) is 7.75. The first-order valence-corrected chi connectivity index (χ1v) is 6.02. The number of nitrogens with zero attached hydrogens (tertiary/aromatic N) is 1. The topological polar surface area (TPSA) is 19.0 Å². The highest BCUT2D eigenvalue weighted by Crippen LogP contribution is 2.37. The van der Waals surface area contributed by atoms with Gasteiger partial charge in [0, 0.05) is 29.7 Å². The molecule has 1 aliphatic heterocycles. The van der Waals surface area contributed by atoms with Gasteiger partial charge in [0.2, 0.25) is 0 Å². The molecule has 0 bridgehead atoms. The summed E-state index contributed by atoms with van der Waals surface area (Å²) in [7, 11) is 2.23. The number of fused-ring (bicyclic) bond motifs is 1. The number of hydrogen-bond donors (Lipinski definition) is 1. The second kappa shape index (κ2) is 3.63. The predicted molar refractivity (Wildman–Crippen MR) is 67.5 cm³/mol. The van der Waals surface area contributed by atoms with E-state index >= 15 is 0 Å². The fourth-order valence-corrected chi connectivity index (χ4v) is 2.99. The van der Waals surface area contributed by atoms with Crippen molar-refractivity contribution >= 4 is 10.9 Å². The number of hydrogen-bond acceptors (Lipinski definition) is 1. The van der Waals surface area contributed by atoms with Gasteiger partial charge in [-0.2, -0.15) is 0 Å². The maximum absolute atomic E-state index is 3.37. The lowest BCUT2D eigenvalue weighted by Gasteiger charge is -2.18. The Bertz CT molecular complexity index is 500. The van der Waals surface area contributed by atoms with Crippen molar-refractivity contribution in [1.29, 1.82) is 0 Å². The van der Waals surface area contributed by atoms with Crippen molar-refractivity contribution in [2.24, 2.45) is 5.92 Å². The Morgan fingerprint density at radius 1 is 1.31 bits per heavy atom. The summed E-state index contributed by atoms with van der Waals surface area (Å²) in [6.45, 7) is 3.55. The highest BCUT2D eigenvalue weighted by molar-refractivity contribution is 5.83. The van der Waals surface area contributed by atoms with E-state index in [1.165, 1.54) is 29.4 Å². The number of aromatic amines is 1. The standard InChI is InChI=1S/C14H18N2/c1-10-7-14(16(2)9-10)12-8-15-13-6-4-3-5-11(12)13/h3-6,8,10,14-15H,7,9H2,1-2H3/t10-,14-/m0/s1. The molecule has 84 valence electrons. The van der Waals surface area contributed by atoms with E-state index < -0.39 is 0 Å². The zero-order chi connectivity index (χ0) is 11.1. The summed E-state index contributed by atoms with van der Waals surface area (Å²) in [5, 5.41) is 1.38. The second-order valence-corrected chi connectivity index (χ2v) is 5.09. The Labute approximate surface area is 96.3 Å². The average molecular weight is 214 g/mol. The van der Waals surface area contributed by atoms with E-state index in [1.54, 1.807) is 0 Å². The van der Waals surface area contributed by atoms with Crippen molar-refractivity contribution in [3.63, 3.8) is 0 Å². The normalized spacial score (nSPS) is 26.6. The highest BCUT2D eigenvalue weighted by Gasteiger charge is 2.29. The Morgan fingerprint density at radius 3 is 2.88 bits per heavy atom. The van der Waals surface area contributed by atoms with Gasteiger partial charge < -0.3 is 4.98 Å². The molecule has 3 rings (SSSR count). The number of H-pyrrole nitrogens is 1. The number of benzene rings is 1. The van der Waals surface area contributed by atoms with E-state index in [0.29, 0.717) is 6.04 Å². The lowest BCUT2D eigenvalue weighted by atomic mass is 10.0. The van der Waals surface area contributed by atoms with Crippen molar-refractivity contribution in [3.8, 4) is 0 Å². The maximum atomic E-state index is 3.37. The molecule has 2 atom stereocenters. The molecule has 0 saturated carbocycles. The molecule has 2 heterocycles. The lowest BCUT2D eigenvalue weighted by Crippen LogP contribution is -2.17. The Balaban J connectivity index is 2.06. The fourth-order valence-electron chi connectivity index (χ4n) is 2.99. The Hall–Kier alpha value is -1.28. The van der Waals surface area contributed by atoms with Crippen molar-refractivity contribution in [3.05, 3.63) is 36.0 Å². The van der Waals surface area contributed by atoms with Gasteiger partial charge in [0.1, 0.15) is 0 Å². The van der Waals surface area contributed by atoms with Gasteiger partial charge >= 0.3 is 0 Å². The molecular formula is C14H18N2. The van der Waals surface area contributed by atoms with Crippen LogP contribution in [0, 0.1) is 5.92 Å². The number of aromatic nitrogens is 1. The predicted octanol–water partition coefficient (Wildman–Crippen LogP) is 3.18. The van der Waals surface area contributed by atoms with E-state index in [2.05, 4.69) is 54.3 Å². The van der Waals surface area contributed by atoms with Gasteiger partial charge in [0.05, 0.1) is 0 Å². The van der Waals surface area contributed by atoms with Crippen LogP contribution >= 0.6 is 0 Å². The molecule has 0 aliphatic carbocycles. The van der Waals surface area contributed by atoms with Gasteiger partial charge in [-0.25, -0.2) is 0 Å². The van der Waals surface area contributed by atoms with Crippen molar-refractivity contribution in [1.82, 2.24) is 9.88 Å². The number of likely N-dealkylation sites (tertiary alicyclic amines) is 1. The zero-order valence-electron chi connectivity index (χ0n) is 9.90. The van der Waals surface area contributed by atoms with Crippen LogP contribution in [0.1, 0.15) is 24.9 Å². The van der Waals surface area contributed by atoms with Crippen molar-refractivity contribution in [2.75, 3.05) is 13.6 Å². The van der Waals surface area contributed by atoms with Crippen LogP contribution in [0.2, 0.25) is 0 Å². The molecular weight excluding hydrogens is 196 g/mol. The molecule has 1 aliphatic rings. The summed E-state index contributed by atoms with van der Waals surface area (Å²) in [5.41, 5.74) is 2.72. The van der Waals surface area contributed by atoms with E-state index in [9.17, 15) is 0 Å². The second-order valence-electron chi connectivity index (χ2n) is 5.09. The van der Waals surface area contributed by atoms with E-state index in [1.807, 2.05) is 0 Å². The van der Waals surface area contributed by atoms with Crippen LogP contribution in [0.5, 0.6) is 0 Å². The van der Waals surface area contributed by atoms with E-state index in [0.717, 1.165) is 5.92 Å². The van der Waals surface area contributed by atoms with Gasteiger partial charge in [0.25, 0.3) is 0 Å². The van der Waals surface area contributed by atoms with Crippen LogP contribution in [0.15, 0.2) is 30.5 Å². The fraction of sp³-hybridized carbons (Fsp3) is 0.429. The molecule has 1 saturated heterocycles. The summed E-state index contributed by atoms with van der Waals surface area (Å²) in [6, 6.07) is 9.17. The molecule has 0 radical (unpaired) electrons. The smallest absolute Gasteiger partial charge is 0.0457 e. The average Bonchev–Trinajstić information content (AvgIpc) is 2.81. The minimum Gasteiger partial charge on any atom is -0.361 e. The molecule has 2 heteroatoms. The van der Waals surface area contributed by atoms with Crippen LogP contribution in [0.3, 0.4) is 0 Å². The van der Waals surface area contributed by atoms with Gasteiger partial charge in [-0.05, 0) is 31.0 Å². The summed E-state index contributed by atoms with van der Waals surface area (Å²) in [4.78, 5) is 5.85. The number of nitrogens with one attached hydrogen (secondary N) is 1. The molecule has 2 aromatic rings. The van der Waals surface area contributed by atoms with Crippen LogP contribution < -0.4 is 0 Å². The third kappa shape index (κ3) is 1.45. The molecule has 1 N–H and O–H groups in total. The van der Waals surface area contributed by atoms with Gasteiger partial charge in [-0.3, -0.25) is 4.90 Å². The Kier molecular flexibility index (Phi) is 2.25. The summed E-state index contributed by atoms with van der Waals surface area (Å²) in [5.74, 6) is 0.809. The van der Waals surface area contributed by atoms with Gasteiger partial charge in [0.15, 0.2) is 0 Å². The van der Waals surface area contributed by atoms with Gasteiger partial charge in [-0.1, -0.05) is 25.1 Å². The SMILES string of the molecule is C[C@H]1C[C@@H](c2c[nH]c3ccccc23)N(C)C1. The Morgan fingerprint density at radius 2 is 2.12 bits per heavy atom. The molecule has 1 aromatic carbocycles. The quantitative estimate of drug-likeness (QED) is 0.772. The van der Waals surface area contributed by atoms with E-state index in [-0.39, 0.29) is 0 Å². The van der Waals surface area contributed by atoms with Crippen LogP contribution in [-0.2, 0) is 0 Å². The third-order valence-electron chi connectivity index (χ3n) is 3.74.